The van der Waals surface area contributed by atoms with Gasteiger partial charge in [0.1, 0.15) is 5.52 Å². The number of pyridine rings is 1. The van der Waals surface area contributed by atoms with Crippen molar-refractivity contribution in [2.45, 2.75) is 20.0 Å². The lowest BCUT2D eigenvalue weighted by molar-refractivity contribution is 0.0695. The Morgan fingerprint density at radius 2 is 2.30 bits per heavy atom. The summed E-state index contributed by atoms with van der Waals surface area (Å²) in [5.41, 5.74) is 0.772. The Morgan fingerprint density at radius 1 is 1.55 bits per heavy atom. The monoisotopic (exact) mass is 277 g/mol. The molecule has 20 heavy (non-hydrogen) atoms. The number of aryl methyl sites for hydroxylation is 1. The first kappa shape index (κ1) is 14.3. The Kier molecular flexibility index (Phi) is 4.24. The maximum atomic E-state index is 12.2. The number of hydrogen-bond acceptors (Lipinski definition) is 3. The maximum Gasteiger partial charge on any atom is 0.274 e. The number of carbonyl (C=O) groups is 1. The molecule has 108 valence electrons. The number of hydrogen-bond donors (Lipinski definition) is 2. The Balaban J connectivity index is 2.24. The highest BCUT2D eigenvalue weighted by Gasteiger charge is 2.15. The summed E-state index contributed by atoms with van der Waals surface area (Å²) in [4.78, 5) is 27.0. The van der Waals surface area contributed by atoms with Crippen molar-refractivity contribution in [1.82, 2.24) is 14.9 Å². The minimum Gasteiger partial charge on any atom is -0.377 e. The predicted molar refractivity (Wildman–Crippen MR) is 77.0 cm³/mol. The van der Waals surface area contributed by atoms with E-state index >= 15 is 0 Å². The topological polar surface area (TPSA) is 76.1 Å². The van der Waals surface area contributed by atoms with Crippen molar-refractivity contribution in [1.29, 1.82) is 0 Å². The Labute approximate surface area is 116 Å². The number of fused-ring (bicyclic) bond motifs is 1. The third-order valence-electron chi connectivity index (χ3n) is 3.14. The first-order valence-electron chi connectivity index (χ1n) is 6.61. The molecule has 1 unspecified atom stereocenters. The summed E-state index contributed by atoms with van der Waals surface area (Å²) in [6.07, 6.45) is 3.17. The van der Waals surface area contributed by atoms with Crippen molar-refractivity contribution in [3.63, 3.8) is 0 Å². The third kappa shape index (κ3) is 2.75. The van der Waals surface area contributed by atoms with Gasteiger partial charge in [0, 0.05) is 38.0 Å². The van der Waals surface area contributed by atoms with Crippen LogP contribution in [0.15, 0.2) is 23.3 Å². The summed E-state index contributed by atoms with van der Waals surface area (Å²) in [6, 6.07) is 1.73. The Hall–Kier alpha value is -2.08. The lowest BCUT2D eigenvalue weighted by Crippen LogP contribution is -2.33. The average molecular weight is 277 g/mol. The van der Waals surface area contributed by atoms with Gasteiger partial charge in [0.2, 0.25) is 0 Å². The first-order chi connectivity index (χ1) is 9.54. The molecular weight excluding hydrogens is 258 g/mol. The van der Waals surface area contributed by atoms with Crippen LogP contribution in [0.2, 0.25) is 0 Å². The highest BCUT2D eigenvalue weighted by atomic mass is 16.5. The summed E-state index contributed by atoms with van der Waals surface area (Å²) in [7, 11) is 1.63. The number of ether oxygens (including phenoxy) is 1. The summed E-state index contributed by atoms with van der Waals surface area (Å²) in [5, 5.41) is 3.45. The molecule has 0 saturated carbocycles. The SMILES string of the molecule is CCOC(C)CNC(=O)c1cn(C)c(=O)c2[nH]ccc12. The van der Waals surface area contributed by atoms with Gasteiger partial charge >= 0.3 is 0 Å². The van der Waals surface area contributed by atoms with Gasteiger partial charge < -0.3 is 19.6 Å². The van der Waals surface area contributed by atoms with Crippen molar-refractivity contribution < 1.29 is 9.53 Å². The summed E-state index contributed by atoms with van der Waals surface area (Å²) in [5.74, 6) is -0.211. The minimum absolute atomic E-state index is 0.0433. The van der Waals surface area contributed by atoms with E-state index in [1.54, 1.807) is 25.5 Å². The van der Waals surface area contributed by atoms with Crippen LogP contribution in [0.5, 0.6) is 0 Å². The van der Waals surface area contributed by atoms with E-state index < -0.39 is 0 Å². The molecule has 0 aromatic carbocycles. The summed E-state index contributed by atoms with van der Waals surface area (Å²) < 4.78 is 6.77. The second kappa shape index (κ2) is 5.92. The molecule has 0 aliphatic rings. The minimum atomic E-state index is -0.211. The summed E-state index contributed by atoms with van der Waals surface area (Å²) in [6.45, 7) is 4.85. The summed E-state index contributed by atoms with van der Waals surface area (Å²) >= 11 is 0. The van der Waals surface area contributed by atoms with E-state index in [0.717, 1.165) is 0 Å². The van der Waals surface area contributed by atoms with Crippen LogP contribution < -0.4 is 10.9 Å². The van der Waals surface area contributed by atoms with E-state index in [-0.39, 0.29) is 17.6 Å². The van der Waals surface area contributed by atoms with Gasteiger partial charge in [0.15, 0.2) is 0 Å². The lowest BCUT2D eigenvalue weighted by atomic mass is 10.1. The molecule has 0 aliphatic heterocycles. The van der Waals surface area contributed by atoms with Crippen LogP contribution in [0.25, 0.3) is 10.9 Å². The number of nitrogens with zero attached hydrogens (tertiary/aromatic N) is 1. The van der Waals surface area contributed by atoms with Crippen molar-refractivity contribution in [2.75, 3.05) is 13.2 Å². The van der Waals surface area contributed by atoms with E-state index in [4.69, 9.17) is 4.74 Å². The van der Waals surface area contributed by atoms with Gasteiger partial charge in [-0.05, 0) is 19.9 Å². The van der Waals surface area contributed by atoms with Crippen LogP contribution in [0.4, 0.5) is 0 Å². The molecule has 2 aromatic rings. The van der Waals surface area contributed by atoms with Gasteiger partial charge in [-0.3, -0.25) is 9.59 Å². The number of aromatic nitrogens is 2. The fourth-order valence-electron chi connectivity index (χ4n) is 2.13. The molecular formula is C14H19N3O3. The Bertz CT molecular complexity index is 672. The lowest BCUT2D eigenvalue weighted by Gasteiger charge is -2.13. The van der Waals surface area contributed by atoms with Crippen molar-refractivity contribution in [2.24, 2.45) is 7.05 Å². The van der Waals surface area contributed by atoms with Crippen molar-refractivity contribution in [3.8, 4) is 0 Å². The molecule has 1 amide bonds. The number of rotatable bonds is 5. The molecule has 2 rings (SSSR count). The second-order valence-corrected chi connectivity index (χ2v) is 4.70. The molecule has 1 atom stereocenters. The first-order valence-corrected chi connectivity index (χ1v) is 6.61. The zero-order valence-electron chi connectivity index (χ0n) is 11.9. The molecule has 2 N–H and O–H groups in total. The van der Waals surface area contributed by atoms with Gasteiger partial charge in [0.25, 0.3) is 11.5 Å². The van der Waals surface area contributed by atoms with E-state index in [1.165, 1.54) is 4.57 Å². The number of carbonyl (C=O) groups excluding carboxylic acids is 1. The van der Waals surface area contributed by atoms with E-state index in [0.29, 0.717) is 29.6 Å². The van der Waals surface area contributed by atoms with Crippen LogP contribution in [-0.2, 0) is 11.8 Å². The van der Waals surface area contributed by atoms with Crippen LogP contribution >= 0.6 is 0 Å². The van der Waals surface area contributed by atoms with E-state index in [9.17, 15) is 9.59 Å². The van der Waals surface area contributed by atoms with Crippen LogP contribution in [0.3, 0.4) is 0 Å². The standard InChI is InChI=1S/C14H19N3O3/c1-4-20-9(2)7-16-13(18)11-8-17(3)14(19)12-10(11)5-6-15-12/h5-6,8-9,15H,4,7H2,1-3H3,(H,16,18). The number of aromatic amines is 1. The smallest absolute Gasteiger partial charge is 0.274 e. The molecule has 0 aliphatic carbocycles. The number of nitrogens with one attached hydrogen (secondary N) is 2. The van der Waals surface area contributed by atoms with Crippen molar-refractivity contribution in [3.05, 3.63) is 34.4 Å². The van der Waals surface area contributed by atoms with Gasteiger partial charge in [-0.2, -0.15) is 0 Å². The molecule has 6 heteroatoms. The zero-order chi connectivity index (χ0) is 14.7. The molecule has 0 saturated heterocycles. The molecule has 0 radical (unpaired) electrons. The third-order valence-corrected chi connectivity index (χ3v) is 3.14. The Morgan fingerprint density at radius 3 is 3.00 bits per heavy atom. The molecule has 0 spiro atoms. The van der Waals surface area contributed by atoms with Crippen molar-refractivity contribution >= 4 is 16.8 Å². The fraction of sp³-hybridized carbons (Fsp3) is 0.429. The molecule has 2 aromatic heterocycles. The fourth-order valence-corrected chi connectivity index (χ4v) is 2.13. The van der Waals surface area contributed by atoms with Gasteiger partial charge in [-0.15, -0.1) is 0 Å². The van der Waals surface area contributed by atoms with Crippen LogP contribution in [0.1, 0.15) is 24.2 Å². The van der Waals surface area contributed by atoms with E-state index in [1.807, 2.05) is 13.8 Å². The van der Waals surface area contributed by atoms with Gasteiger partial charge in [0.05, 0.1) is 11.7 Å². The molecule has 0 fully saturated rings. The highest BCUT2D eigenvalue weighted by molar-refractivity contribution is 6.05. The number of H-pyrrole nitrogens is 1. The second-order valence-electron chi connectivity index (χ2n) is 4.70. The van der Waals surface area contributed by atoms with Gasteiger partial charge in [-0.1, -0.05) is 0 Å². The molecule has 2 heterocycles. The van der Waals surface area contributed by atoms with Gasteiger partial charge in [-0.25, -0.2) is 0 Å². The predicted octanol–water partition coefficient (Wildman–Crippen LogP) is 1.02. The zero-order valence-corrected chi connectivity index (χ0v) is 11.9. The van der Waals surface area contributed by atoms with E-state index in [2.05, 4.69) is 10.3 Å². The largest absolute Gasteiger partial charge is 0.377 e. The highest BCUT2D eigenvalue weighted by Crippen LogP contribution is 2.13. The van der Waals surface area contributed by atoms with Crippen LogP contribution in [0, 0.1) is 0 Å². The average Bonchev–Trinajstić information content (AvgIpc) is 2.90. The van der Waals surface area contributed by atoms with Crippen LogP contribution in [-0.4, -0.2) is 34.7 Å². The number of amides is 1. The normalized spacial score (nSPS) is 12.6. The molecule has 0 bridgehead atoms. The maximum absolute atomic E-state index is 12.2. The molecule has 6 nitrogen and oxygen atoms in total. The quantitative estimate of drug-likeness (QED) is 0.856.